The minimum atomic E-state index is 0.587. The maximum atomic E-state index is 9.77. The largest absolute Gasteiger partial charge is 0.493 e. The van der Waals surface area contributed by atoms with Crippen LogP contribution in [0.5, 0.6) is 5.75 Å². The molecule has 0 aliphatic carbocycles. The number of hydrogen-bond acceptors (Lipinski definition) is 2. The molecule has 0 aliphatic rings. The second kappa shape index (κ2) is 7.63. The lowest BCUT2D eigenvalue weighted by atomic mass is 10.0. The molecule has 1 heterocycles. The summed E-state index contributed by atoms with van der Waals surface area (Å²) >= 11 is 5.71. The van der Waals surface area contributed by atoms with Gasteiger partial charge in [0.25, 0.3) is 0 Å². The Morgan fingerprint density at radius 2 is 1.92 bits per heavy atom. The summed E-state index contributed by atoms with van der Waals surface area (Å²) < 4.78 is 7.96. The van der Waals surface area contributed by atoms with E-state index in [-0.39, 0.29) is 0 Å². The molecule has 3 aromatic rings. The smallest absolute Gasteiger partial charge is 0.121 e. The summed E-state index contributed by atoms with van der Waals surface area (Å²) in [5.74, 6) is 1.40. The molecule has 3 nitrogen and oxygen atoms in total. The molecule has 0 atom stereocenters. The fourth-order valence-electron chi connectivity index (χ4n) is 3.12. The zero-order chi connectivity index (χ0) is 17.8. The Balaban J connectivity index is 2.16. The Labute approximate surface area is 153 Å². The highest BCUT2D eigenvalue weighted by Crippen LogP contribution is 2.35. The van der Waals surface area contributed by atoms with Gasteiger partial charge in [-0.3, -0.25) is 0 Å². The topological polar surface area (TPSA) is 38.0 Å². The summed E-state index contributed by atoms with van der Waals surface area (Å²) in [6.45, 7) is 5.54. The van der Waals surface area contributed by atoms with Crippen molar-refractivity contribution in [2.75, 3.05) is 12.5 Å². The Hall–Kier alpha value is -2.44. The number of rotatable bonds is 6. The molecule has 0 aliphatic heterocycles. The van der Waals surface area contributed by atoms with Gasteiger partial charge in [0.1, 0.15) is 11.8 Å². The second-order valence-electron chi connectivity index (χ2n) is 6.02. The molecule has 0 fully saturated rings. The van der Waals surface area contributed by atoms with Crippen molar-refractivity contribution in [1.82, 2.24) is 4.57 Å². The monoisotopic (exact) mass is 352 g/mol. The van der Waals surface area contributed by atoms with Crippen LogP contribution in [0.3, 0.4) is 0 Å². The fraction of sp³-hybridized carbons (Fsp3) is 0.286. The molecule has 0 N–H and O–H groups in total. The Morgan fingerprint density at radius 1 is 1.16 bits per heavy atom. The van der Waals surface area contributed by atoms with Gasteiger partial charge in [0.15, 0.2) is 0 Å². The molecule has 128 valence electrons. The quantitative estimate of drug-likeness (QED) is 0.433. The minimum absolute atomic E-state index is 0.587. The summed E-state index contributed by atoms with van der Waals surface area (Å²) in [6.07, 6.45) is 0.812. The summed E-state index contributed by atoms with van der Waals surface area (Å²) in [6, 6.07) is 16.6. The summed E-state index contributed by atoms with van der Waals surface area (Å²) in [5.41, 5.74) is 4.98. The van der Waals surface area contributed by atoms with Crippen LogP contribution in [0, 0.1) is 18.3 Å². The number of fused-ring (bicyclic) bond motifs is 1. The fourth-order valence-corrected chi connectivity index (χ4v) is 3.23. The zero-order valence-electron chi connectivity index (χ0n) is 14.6. The third kappa shape index (κ3) is 3.36. The highest BCUT2D eigenvalue weighted by molar-refractivity contribution is 6.17. The van der Waals surface area contributed by atoms with Crippen LogP contribution in [0.25, 0.3) is 22.2 Å². The molecular weight excluding hydrogens is 332 g/mol. The average Bonchev–Trinajstić information content (AvgIpc) is 2.95. The maximum Gasteiger partial charge on any atom is 0.121 e. The van der Waals surface area contributed by atoms with Crippen molar-refractivity contribution in [3.05, 3.63) is 53.6 Å². The Morgan fingerprint density at radius 3 is 2.56 bits per heavy atom. The number of alkyl halides is 1. The van der Waals surface area contributed by atoms with E-state index >= 15 is 0 Å². The first kappa shape index (κ1) is 17.4. The lowest BCUT2D eigenvalue weighted by Crippen LogP contribution is -1.99. The number of halogens is 1. The van der Waals surface area contributed by atoms with Crippen LogP contribution < -0.4 is 4.74 Å². The molecule has 0 saturated carbocycles. The zero-order valence-corrected chi connectivity index (χ0v) is 15.3. The van der Waals surface area contributed by atoms with Gasteiger partial charge in [0.05, 0.1) is 23.4 Å². The third-order valence-electron chi connectivity index (χ3n) is 4.34. The van der Waals surface area contributed by atoms with Crippen LogP contribution in [0.4, 0.5) is 0 Å². The van der Waals surface area contributed by atoms with Crippen LogP contribution in [0.2, 0.25) is 0 Å². The van der Waals surface area contributed by atoms with E-state index in [1.54, 1.807) is 0 Å². The first-order valence-electron chi connectivity index (χ1n) is 8.51. The lowest BCUT2D eigenvalue weighted by molar-refractivity contribution is 0.318. The second-order valence-corrected chi connectivity index (χ2v) is 6.39. The van der Waals surface area contributed by atoms with Gasteiger partial charge in [-0.05, 0) is 38.0 Å². The van der Waals surface area contributed by atoms with E-state index < -0.39 is 0 Å². The van der Waals surface area contributed by atoms with Gasteiger partial charge >= 0.3 is 0 Å². The van der Waals surface area contributed by atoms with E-state index in [0.29, 0.717) is 18.1 Å². The van der Waals surface area contributed by atoms with Crippen LogP contribution >= 0.6 is 11.6 Å². The molecule has 0 amide bonds. The first-order valence-corrected chi connectivity index (χ1v) is 9.05. The molecule has 25 heavy (non-hydrogen) atoms. The molecule has 0 radical (unpaired) electrons. The van der Waals surface area contributed by atoms with E-state index in [4.69, 9.17) is 16.3 Å². The van der Waals surface area contributed by atoms with E-state index in [0.717, 1.165) is 40.9 Å². The van der Waals surface area contributed by atoms with Gasteiger partial charge in [0, 0.05) is 23.9 Å². The van der Waals surface area contributed by atoms with Gasteiger partial charge in [-0.1, -0.05) is 29.8 Å². The van der Waals surface area contributed by atoms with Crippen molar-refractivity contribution in [2.45, 2.75) is 26.8 Å². The lowest BCUT2D eigenvalue weighted by Gasteiger charge is -2.10. The molecule has 0 saturated heterocycles. The number of aromatic nitrogens is 1. The van der Waals surface area contributed by atoms with E-state index in [1.165, 1.54) is 5.56 Å². The summed E-state index contributed by atoms with van der Waals surface area (Å²) in [7, 11) is 0. The van der Waals surface area contributed by atoms with Crippen molar-refractivity contribution in [2.24, 2.45) is 0 Å². The molecule has 0 bridgehead atoms. The number of ether oxygens (including phenoxy) is 1. The Bertz CT molecular complexity index is 920. The van der Waals surface area contributed by atoms with Gasteiger partial charge < -0.3 is 9.30 Å². The van der Waals surface area contributed by atoms with Crippen molar-refractivity contribution < 1.29 is 4.74 Å². The molecule has 4 heteroatoms. The highest BCUT2D eigenvalue weighted by Gasteiger charge is 2.18. The van der Waals surface area contributed by atoms with E-state index in [2.05, 4.69) is 48.7 Å². The average molecular weight is 353 g/mol. The van der Waals surface area contributed by atoms with Crippen molar-refractivity contribution in [1.29, 1.82) is 5.26 Å². The molecular formula is C21H21ClN2O. The SMILES string of the molecule is CCn1c(-c2ccc(C)cc2)c(C#N)c2ccc(OCCCCl)cc21. The predicted molar refractivity (Wildman–Crippen MR) is 103 cm³/mol. The number of benzene rings is 2. The minimum Gasteiger partial charge on any atom is -0.493 e. The van der Waals surface area contributed by atoms with Crippen LogP contribution in [-0.4, -0.2) is 17.1 Å². The number of hydrogen-bond donors (Lipinski definition) is 0. The number of nitriles is 1. The van der Waals surface area contributed by atoms with Gasteiger partial charge in [-0.25, -0.2) is 0 Å². The molecule has 2 aromatic carbocycles. The van der Waals surface area contributed by atoms with Crippen LogP contribution in [-0.2, 0) is 6.54 Å². The molecule has 0 spiro atoms. The summed E-state index contributed by atoms with van der Waals surface area (Å²) in [5, 5.41) is 10.7. The van der Waals surface area contributed by atoms with Crippen molar-refractivity contribution in [3.8, 4) is 23.1 Å². The Kier molecular flexibility index (Phi) is 5.31. The van der Waals surface area contributed by atoms with Gasteiger partial charge in [0.2, 0.25) is 0 Å². The van der Waals surface area contributed by atoms with E-state index in [1.807, 2.05) is 18.2 Å². The van der Waals surface area contributed by atoms with Crippen molar-refractivity contribution >= 4 is 22.5 Å². The molecule has 1 aromatic heterocycles. The van der Waals surface area contributed by atoms with Crippen LogP contribution in [0.1, 0.15) is 24.5 Å². The van der Waals surface area contributed by atoms with Gasteiger partial charge in [-0.2, -0.15) is 5.26 Å². The predicted octanol–water partition coefficient (Wildman–Crippen LogP) is 5.52. The normalized spacial score (nSPS) is 10.8. The molecule has 0 unspecified atom stereocenters. The third-order valence-corrected chi connectivity index (χ3v) is 4.60. The number of nitrogens with zero attached hydrogens (tertiary/aromatic N) is 2. The standard InChI is InChI=1S/C21H21ClN2O/c1-3-24-20-13-17(25-12-4-11-22)9-10-18(20)19(14-23)21(24)16-7-5-15(2)6-8-16/h5-10,13H,3-4,11-12H2,1-2H3. The number of aryl methyl sites for hydroxylation is 2. The molecule has 3 rings (SSSR count). The maximum absolute atomic E-state index is 9.77. The highest BCUT2D eigenvalue weighted by atomic mass is 35.5. The van der Waals surface area contributed by atoms with Crippen LogP contribution in [0.15, 0.2) is 42.5 Å². The van der Waals surface area contributed by atoms with Gasteiger partial charge in [-0.15, -0.1) is 11.6 Å². The first-order chi connectivity index (χ1) is 12.2. The van der Waals surface area contributed by atoms with E-state index in [9.17, 15) is 5.26 Å². The van der Waals surface area contributed by atoms with Crippen molar-refractivity contribution in [3.63, 3.8) is 0 Å². The summed E-state index contributed by atoms with van der Waals surface area (Å²) in [4.78, 5) is 0.